The van der Waals surface area contributed by atoms with E-state index in [1.54, 1.807) is 12.1 Å². The zero-order chi connectivity index (χ0) is 18.0. The number of carbonyl (C=O) groups is 2. The third-order valence-corrected chi connectivity index (χ3v) is 4.09. The highest BCUT2D eigenvalue weighted by Gasteiger charge is 2.26. The Morgan fingerprint density at radius 3 is 2.76 bits per heavy atom. The van der Waals surface area contributed by atoms with Crippen LogP contribution >= 0.6 is 0 Å². The van der Waals surface area contributed by atoms with Gasteiger partial charge in [-0.3, -0.25) is 4.79 Å². The average molecular weight is 343 g/mol. The van der Waals surface area contributed by atoms with E-state index in [4.69, 9.17) is 0 Å². The van der Waals surface area contributed by atoms with Crippen LogP contribution < -0.4 is 16.0 Å². The van der Waals surface area contributed by atoms with Crippen molar-refractivity contribution in [3.8, 4) is 5.75 Å². The molecule has 3 amide bonds. The fraction of sp³-hybridized carbons (Fsp3) is 0.222. The topological polar surface area (TPSA) is 90.5 Å². The van der Waals surface area contributed by atoms with E-state index in [1.807, 2.05) is 6.07 Å². The summed E-state index contributed by atoms with van der Waals surface area (Å²) in [5.74, 6) is -0.672. The summed E-state index contributed by atoms with van der Waals surface area (Å²) in [6.07, 6.45) is 1.33. The van der Waals surface area contributed by atoms with Crippen molar-refractivity contribution in [3.63, 3.8) is 0 Å². The maximum atomic E-state index is 13.9. The van der Waals surface area contributed by atoms with E-state index in [-0.39, 0.29) is 23.4 Å². The molecule has 1 aliphatic carbocycles. The molecule has 130 valence electrons. The Morgan fingerprint density at radius 1 is 1.20 bits per heavy atom. The Balaban J connectivity index is 1.70. The van der Waals surface area contributed by atoms with Gasteiger partial charge in [0, 0.05) is 12.6 Å². The van der Waals surface area contributed by atoms with Crippen molar-refractivity contribution in [1.82, 2.24) is 5.32 Å². The van der Waals surface area contributed by atoms with Crippen LogP contribution in [-0.4, -0.2) is 17.0 Å². The first kappa shape index (κ1) is 16.8. The normalized spacial score (nSPS) is 15.4. The van der Waals surface area contributed by atoms with Crippen molar-refractivity contribution in [3.05, 3.63) is 53.3 Å². The minimum atomic E-state index is -0.603. The second kappa shape index (κ2) is 6.80. The van der Waals surface area contributed by atoms with Crippen LogP contribution in [0.2, 0.25) is 0 Å². The van der Waals surface area contributed by atoms with E-state index in [1.165, 1.54) is 25.1 Å². The van der Waals surface area contributed by atoms with E-state index in [9.17, 15) is 19.1 Å². The molecule has 3 rings (SSSR count). The molecule has 0 spiro atoms. The molecule has 7 heteroatoms. The van der Waals surface area contributed by atoms with Crippen molar-refractivity contribution >= 4 is 23.3 Å². The second-order valence-electron chi connectivity index (χ2n) is 5.91. The summed E-state index contributed by atoms with van der Waals surface area (Å²) in [5, 5.41) is 17.6. The van der Waals surface area contributed by atoms with Gasteiger partial charge in [-0.05, 0) is 48.2 Å². The molecule has 0 saturated heterocycles. The van der Waals surface area contributed by atoms with E-state index >= 15 is 0 Å². The van der Waals surface area contributed by atoms with Crippen LogP contribution in [0.4, 0.5) is 20.6 Å². The number of anilines is 2. The number of hydrogen-bond acceptors (Lipinski definition) is 3. The van der Waals surface area contributed by atoms with E-state index in [2.05, 4.69) is 16.0 Å². The van der Waals surface area contributed by atoms with Crippen LogP contribution in [-0.2, 0) is 11.2 Å². The van der Waals surface area contributed by atoms with Crippen molar-refractivity contribution in [2.45, 2.75) is 25.8 Å². The first-order valence-corrected chi connectivity index (χ1v) is 7.89. The Labute approximate surface area is 144 Å². The van der Waals surface area contributed by atoms with E-state index in [0.717, 1.165) is 11.1 Å². The number of hydrogen-bond donors (Lipinski definition) is 4. The van der Waals surface area contributed by atoms with Crippen LogP contribution in [0.25, 0.3) is 0 Å². The number of benzene rings is 2. The molecule has 0 saturated carbocycles. The standard InChI is InChI=1S/C18H18FN3O3/c1-10(23)20-11-5-7-14(19)16(9-11)22-18(25)21-15-8-6-13-12(15)3-2-4-17(13)24/h2-5,7,9,15,24H,6,8H2,1H3,(H,20,23)(H2,21,22,25)/t15-/m0/s1. The minimum Gasteiger partial charge on any atom is -0.508 e. The van der Waals surface area contributed by atoms with Crippen molar-refractivity contribution in [1.29, 1.82) is 0 Å². The lowest BCUT2D eigenvalue weighted by Crippen LogP contribution is -2.31. The number of fused-ring (bicyclic) bond motifs is 1. The number of phenolic OH excluding ortho intramolecular Hbond substituents is 1. The molecule has 1 atom stereocenters. The Bertz CT molecular complexity index is 838. The molecule has 0 fully saturated rings. The molecule has 2 aromatic carbocycles. The highest BCUT2D eigenvalue weighted by Crippen LogP contribution is 2.36. The highest BCUT2D eigenvalue weighted by molar-refractivity contribution is 5.92. The molecule has 4 N–H and O–H groups in total. The smallest absolute Gasteiger partial charge is 0.319 e. The van der Waals surface area contributed by atoms with Gasteiger partial charge in [-0.15, -0.1) is 0 Å². The molecule has 0 aromatic heterocycles. The first-order valence-electron chi connectivity index (χ1n) is 7.89. The number of halogens is 1. The van der Waals surface area contributed by atoms with Gasteiger partial charge in [-0.25, -0.2) is 9.18 Å². The Hall–Kier alpha value is -3.09. The lowest BCUT2D eigenvalue weighted by Gasteiger charge is -2.16. The molecule has 0 aliphatic heterocycles. The fourth-order valence-electron chi connectivity index (χ4n) is 3.00. The summed E-state index contributed by atoms with van der Waals surface area (Å²) in [7, 11) is 0. The maximum absolute atomic E-state index is 13.9. The summed E-state index contributed by atoms with van der Waals surface area (Å²) in [6, 6.07) is 8.33. The third kappa shape index (κ3) is 3.71. The molecule has 0 radical (unpaired) electrons. The minimum absolute atomic E-state index is 0.0297. The lowest BCUT2D eigenvalue weighted by atomic mass is 10.1. The van der Waals surface area contributed by atoms with Crippen LogP contribution in [0.15, 0.2) is 36.4 Å². The molecule has 0 bridgehead atoms. The zero-order valence-corrected chi connectivity index (χ0v) is 13.6. The first-order chi connectivity index (χ1) is 11.9. The molecule has 2 aromatic rings. The molecular formula is C18H18FN3O3. The average Bonchev–Trinajstić information content (AvgIpc) is 2.94. The number of amides is 3. The lowest BCUT2D eigenvalue weighted by molar-refractivity contribution is -0.114. The fourth-order valence-corrected chi connectivity index (χ4v) is 3.00. The predicted molar refractivity (Wildman–Crippen MR) is 92.0 cm³/mol. The van der Waals surface area contributed by atoms with Crippen molar-refractivity contribution in [2.75, 3.05) is 10.6 Å². The van der Waals surface area contributed by atoms with Crippen LogP contribution in [0, 0.1) is 5.82 Å². The molecule has 1 aliphatic rings. The summed E-state index contributed by atoms with van der Waals surface area (Å²) < 4.78 is 13.9. The van der Waals surface area contributed by atoms with Crippen LogP contribution in [0.3, 0.4) is 0 Å². The Morgan fingerprint density at radius 2 is 2.00 bits per heavy atom. The second-order valence-corrected chi connectivity index (χ2v) is 5.91. The molecule has 0 heterocycles. The van der Waals surface area contributed by atoms with Gasteiger partial charge in [-0.1, -0.05) is 12.1 Å². The van der Waals surface area contributed by atoms with E-state index < -0.39 is 11.8 Å². The Kier molecular flexibility index (Phi) is 4.56. The van der Waals surface area contributed by atoms with Crippen LogP contribution in [0.1, 0.15) is 30.5 Å². The van der Waals surface area contributed by atoms with Gasteiger partial charge in [0.2, 0.25) is 5.91 Å². The largest absolute Gasteiger partial charge is 0.508 e. The molecular weight excluding hydrogens is 325 g/mol. The number of urea groups is 1. The zero-order valence-electron chi connectivity index (χ0n) is 13.6. The summed E-state index contributed by atoms with van der Waals surface area (Å²) in [4.78, 5) is 23.3. The number of carbonyl (C=O) groups excluding carboxylic acids is 2. The van der Waals surface area contributed by atoms with Gasteiger partial charge in [-0.2, -0.15) is 0 Å². The van der Waals surface area contributed by atoms with E-state index in [0.29, 0.717) is 18.5 Å². The third-order valence-electron chi connectivity index (χ3n) is 4.09. The molecule has 6 nitrogen and oxygen atoms in total. The van der Waals surface area contributed by atoms with Gasteiger partial charge in [0.1, 0.15) is 11.6 Å². The van der Waals surface area contributed by atoms with Crippen LogP contribution in [0.5, 0.6) is 5.75 Å². The maximum Gasteiger partial charge on any atom is 0.319 e. The van der Waals surface area contributed by atoms with Gasteiger partial charge in [0.25, 0.3) is 0 Å². The summed E-state index contributed by atoms with van der Waals surface area (Å²) in [6.45, 7) is 1.34. The van der Waals surface area contributed by atoms with Crippen molar-refractivity contribution < 1.29 is 19.1 Å². The monoisotopic (exact) mass is 343 g/mol. The quantitative estimate of drug-likeness (QED) is 0.689. The number of rotatable bonds is 3. The predicted octanol–water partition coefficient (Wildman–Crippen LogP) is 3.30. The SMILES string of the molecule is CC(=O)Nc1ccc(F)c(NC(=O)N[C@H]2CCc3c(O)cccc32)c1. The molecule has 25 heavy (non-hydrogen) atoms. The van der Waals surface area contributed by atoms with Gasteiger partial charge in [0.15, 0.2) is 0 Å². The number of aromatic hydroxyl groups is 1. The van der Waals surface area contributed by atoms with Gasteiger partial charge >= 0.3 is 6.03 Å². The van der Waals surface area contributed by atoms with Gasteiger partial charge in [0.05, 0.1) is 11.7 Å². The van der Waals surface area contributed by atoms with Gasteiger partial charge < -0.3 is 21.1 Å². The highest BCUT2D eigenvalue weighted by atomic mass is 19.1. The number of nitrogens with one attached hydrogen (secondary N) is 3. The summed E-state index contributed by atoms with van der Waals surface area (Å²) in [5.41, 5.74) is 2.05. The number of phenols is 1. The van der Waals surface area contributed by atoms with Crippen molar-refractivity contribution in [2.24, 2.45) is 0 Å². The molecule has 0 unspecified atom stereocenters. The summed E-state index contributed by atoms with van der Waals surface area (Å²) >= 11 is 0.